The van der Waals surface area contributed by atoms with E-state index in [0.29, 0.717) is 0 Å². The fraction of sp³-hybridized carbons (Fsp3) is 0.0588. The molecular formula is C51H35N3. The van der Waals surface area contributed by atoms with Crippen molar-refractivity contribution in [3.8, 4) is 28.2 Å². The normalized spacial score (nSPS) is 13.5. The monoisotopic (exact) mass is 689 g/mol. The van der Waals surface area contributed by atoms with Gasteiger partial charge in [0.25, 0.3) is 0 Å². The Balaban J connectivity index is 1.20. The van der Waals surface area contributed by atoms with E-state index in [1.165, 1.54) is 99.0 Å². The first kappa shape index (κ1) is 29.7. The van der Waals surface area contributed by atoms with Crippen molar-refractivity contribution in [3.63, 3.8) is 0 Å². The van der Waals surface area contributed by atoms with E-state index in [4.69, 9.17) is 0 Å². The summed E-state index contributed by atoms with van der Waals surface area (Å²) in [4.78, 5) is 0. The molecule has 1 aliphatic rings. The van der Waals surface area contributed by atoms with E-state index < -0.39 is 0 Å². The Kier molecular flexibility index (Phi) is 5.84. The molecule has 0 saturated heterocycles. The molecule has 3 nitrogen and oxygen atoms in total. The molecule has 54 heavy (non-hydrogen) atoms. The van der Waals surface area contributed by atoms with E-state index in [2.05, 4.69) is 203 Å². The summed E-state index contributed by atoms with van der Waals surface area (Å²) in [6.07, 6.45) is 0. The first-order valence-corrected chi connectivity index (χ1v) is 18.9. The lowest BCUT2D eigenvalue weighted by atomic mass is 9.82. The largest absolute Gasteiger partial charge is 0.309 e. The van der Waals surface area contributed by atoms with Crippen molar-refractivity contribution in [1.82, 2.24) is 13.7 Å². The molecule has 0 radical (unpaired) electrons. The highest BCUT2D eigenvalue weighted by Crippen LogP contribution is 2.51. The van der Waals surface area contributed by atoms with Crippen LogP contribution < -0.4 is 0 Å². The number of rotatable bonds is 3. The lowest BCUT2D eigenvalue weighted by Crippen LogP contribution is -2.14. The molecule has 1 aliphatic carbocycles. The molecule has 11 aromatic rings. The zero-order chi connectivity index (χ0) is 35.7. The van der Waals surface area contributed by atoms with Gasteiger partial charge in [-0.15, -0.1) is 0 Å². The van der Waals surface area contributed by atoms with E-state index in [0.717, 1.165) is 5.69 Å². The predicted octanol–water partition coefficient (Wildman–Crippen LogP) is 13.3. The molecule has 12 rings (SSSR count). The molecule has 0 amide bonds. The van der Waals surface area contributed by atoms with Crippen LogP contribution >= 0.6 is 0 Å². The Labute approximate surface area is 312 Å². The minimum atomic E-state index is -0.0836. The van der Waals surface area contributed by atoms with E-state index >= 15 is 0 Å². The number of para-hydroxylation sites is 4. The lowest BCUT2D eigenvalue weighted by Gasteiger charge is -2.21. The van der Waals surface area contributed by atoms with Crippen LogP contribution in [0, 0.1) is 0 Å². The highest BCUT2D eigenvalue weighted by Gasteiger charge is 2.36. The van der Waals surface area contributed by atoms with Gasteiger partial charge in [-0.2, -0.15) is 0 Å². The minimum absolute atomic E-state index is 0.0836. The third-order valence-corrected chi connectivity index (χ3v) is 12.2. The number of fused-ring (bicyclic) bond motifs is 13. The second-order valence-corrected chi connectivity index (χ2v) is 15.4. The predicted molar refractivity (Wildman–Crippen MR) is 227 cm³/mol. The van der Waals surface area contributed by atoms with Crippen LogP contribution in [0.4, 0.5) is 0 Å². The molecule has 8 aromatic carbocycles. The van der Waals surface area contributed by atoms with Gasteiger partial charge < -0.3 is 13.7 Å². The van der Waals surface area contributed by atoms with Gasteiger partial charge in [0.15, 0.2) is 0 Å². The second kappa shape index (κ2) is 10.6. The first-order chi connectivity index (χ1) is 26.6. The van der Waals surface area contributed by atoms with Crippen LogP contribution in [0.15, 0.2) is 176 Å². The van der Waals surface area contributed by atoms with Crippen molar-refractivity contribution in [2.45, 2.75) is 19.3 Å². The standard InChI is InChI=1S/C51H35N3/c1-51(2)42-22-12-9-19-35(42)39-30-41-40-29-34(25-27-46(40)52(48(41)31-43(39)51)32-15-5-3-6-16-32)53-45-24-14-11-21-38(45)49-47(53)28-26-37-36-20-10-13-23-44(36)54(50(37)49)33-17-7-4-8-18-33/h3-31H,1-2H3. The Morgan fingerprint density at radius 3 is 1.69 bits per heavy atom. The third-order valence-electron chi connectivity index (χ3n) is 12.2. The van der Waals surface area contributed by atoms with Gasteiger partial charge in [-0.05, 0) is 95.1 Å². The molecule has 0 atom stereocenters. The molecule has 0 spiro atoms. The average molecular weight is 690 g/mol. The van der Waals surface area contributed by atoms with Crippen LogP contribution in [0.1, 0.15) is 25.0 Å². The molecule has 0 unspecified atom stereocenters. The fourth-order valence-electron chi connectivity index (χ4n) is 9.83. The Hall–Kier alpha value is -6.84. The van der Waals surface area contributed by atoms with Crippen molar-refractivity contribution < 1.29 is 0 Å². The summed E-state index contributed by atoms with van der Waals surface area (Å²) in [5, 5.41) is 7.58. The van der Waals surface area contributed by atoms with Gasteiger partial charge in [0, 0.05) is 54.8 Å². The second-order valence-electron chi connectivity index (χ2n) is 15.4. The van der Waals surface area contributed by atoms with Crippen molar-refractivity contribution in [2.24, 2.45) is 0 Å². The summed E-state index contributed by atoms with van der Waals surface area (Å²) >= 11 is 0. The molecule has 0 saturated carbocycles. The van der Waals surface area contributed by atoms with Crippen LogP contribution in [0.2, 0.25) is 0 Å². The number of aromatic nitrogens is 3. The van der Waals surface area contributed by atoms with Gasteiger partial charge in [-0.1, -0.05) is 117 Å². The van der Waals surface area contributed by atoms with Gasteiger partial charge in [0.1, 0.15) is 0 Å². The highest BCUT2D eigenvalue weighted by atomic mass is 15.0. The number of hydrogen-bond acceptors (Lipinski definition) is 0. The van der Waals surface area contributed by atoms with Crippen LogP contribution in [0.25, 0.3) is 93.6 Å². The zero-order valence-corrected chi connectivity index (χ0v) is 30.1. The zero-order valence-electron chi connectivity index (χ0n) is 30.1. The molecule has 3 heterocycles. The molecular weight excluding hydrogens is 655 g/mol. The van der Waals surface area contributed by atoms with Crippen molar-refractivity contribution >= 4 is 65.4 Å². The summed E-state index contributed by atoms with van der Waals surface area (Å²) in [6, 6.07) is 65.0. The van der Waals surface area contributed by atoms with Gasteiger partial charge in [-0.25, -0.2) is 0 Å². The average Bonchev–Trinajstić information content (AvgIpc) is 3.91. The Morgan fingerprint density at radius 1 is 0.333 bits per heavy atom. The van der Waals surface area contributed by atoms with Crippen molar-refractivity contribution in [2.75, 3.05) is 0 Å². The van der Waals surface area contributed by atoms with E-state index in [-0.39, 0.29) is 5.41 Å². The van der Waals surface area contributed by atoms with E-state index in [1.807, 2.05) is 0 Å². The number of hydrogen-bond donors (Lipinski definition) is 0. The van der Waals surface area contributed by atoms with Crippen molar-refractivity contribution in [1.29, 1.82) is 0 Å². The maximum Gasteiger partial charge on any atom is 0.0641 e. The maximum absolute atomic E-state index is 2.48. The topological polar surface area (TPSA) is 14.8 Å². The number of benzene rings is 8. The number of nitrogens with zero attached hydrogens (tertiary/aromatic N) is 3. The van der Waals surface area contributed by atoms with Gasteiger partial charge in [-0.3, -0.25) is 0 Å². The third kappa shape index (κ3) is 3.80. The molecule has 0 bridgehead atoms. The summed E-state index contributed by atoms with van der Waals surface area (Å²) in [6.45, 7) is 4.74. The molecule has 254 valence electrons. The van der Waals surface area contributed by atoms with Crippen LogP contribution in [0.5, 0.6) is 0 Å². The summed E-state index contributed by atoms with van der Waals surface area (Å²) in [7, 11) is 0. The Morgan fingerprint density at radius 2 is 0.907 bits per heavy atom. The van der Waals surface area contributed by atoms with Gasteiger partial charge in [0.05, 0.1) is 33.1 Å². The molecule has 0 aliphatic heterocycles. The Bertz CT molecular complexity index is 3340. The van der Waals surface area contributed by atoms with Crippen molar-refractivity contribution in [3.05, 3.63) is 187 Å². The van der Waals surface area contributed by atoms with Crippen LogP contribution in [-0.2, 0) is 5.41 Å². The van der Waals surface area contributed by atoms with Crippen LogP contribution in [-0.4, -0.2) is 13.7 Å². The highest BCUT2D eigenvalue weighted by molar-refractivity contribution is 6.26. The van der Waals surface area contributed by atoms with Crippen LogP contribution in [0.3, 0.4) is 0 Å². The molecule has 3 heteroatoms. The summed E-state index contributed by atoms with van der Waals surface area (Å²) in [5.41, 5.74) is 16.2. The van der Waals surface area contributed by atoms with E-state index in [9.17, 15) is 0 Å². The van der Waals surface area contributed by atoms with Gasteiger partial charge in [0.2, 0.25) is 0 Å². The smallest absolute Gasteiger partial charge is 0.0641 e. The summed E-state index contributed by atoms with van der Waals surface area (Å²) < 4.78 is 7.40. The van der Waals surface area contributed by atoms with E-state index in [1.54, 1.807) is 0 Å². The summed E-state index contributed by atoms with van der Waals surface area (Å²) in [5.74, 6) is 0. The SMILES string of the molecule is CC1(C)c2ccccc2-c2cc3c4cc(-n5c6ccccc6c6c5ccc5c7ccccc7n(-c7ccccc7)c56)ccc4n(-c4ccccc4)c3cc21. The fourth-order valence-corrected chi connectivity index (χ4v) is 9.83. The first-order valence-electron chi connectivity index (χ1n) is 18.9. The molecule has 0 N–H and O–H groups in total. The molecule has 0 fully saturated rings. The molecule has 3 aromatic heterocycles. The maximum atomic E-state index is 2.48. The lowest BCUT2D eigenvalue weighted by molar-refractivity contribution is 0.661. The minimum Gasteiger partial charge on any atom is -0.309 e. The van der Waals surface area contributed by atoms with Gasteiger partial charge >= 0.3 is 0 Å². The quantitative estimate of drug-likeness (QED) is 0.175.